The van der Waals surface area contributed by atoms with Crippen molar-refractivity contribution < 1.29 is 0 Å². The molecule has 0 amide bonds. The van der Waals surface area contributed by atoms with E-state index in [-0.39, 0.29) is 0 Å². The maximum Gasteiger partial charge on any atom is 0.234 e. The number of allylic oxidation sites excluding steroid dienone is 5. The number of halogens is 1. The Bertz CT molecular complexity index is 996. The molecule has 0 atom stereocenters. The summed E-state index contributed by atoms with van der Waals surface area (Å²) in [5.74, 6) is 0.684. The van der Waals surface area contributed by atoms with Crippen LogP contribution in [-0.2, 0) is 0 Å². The first-order valence-corrected chi connectivity index (χ1v) is 8.72. The number of hydrogen-bond donors (Lipinski definition) is 1. The molecule has 0 fully saturated rings. The Labute approximate surface area is 148 Å². The molecule has 7 heteroatoms. The zero-order valence-corrected chi connectivity index (χ0v) is 14.5. The Kier molecular flexibility index (Phi) is 3.92. The van der Waals surface area contributed by atoms with Gasteiger partial charge in [-0.25, -0.2) is 15.0 Å². The lowest BCUT2D eigenvalue weighted by molar-refractivity contribution is 1.11. The summed E-state index contributed by atoms with van der Waals surface area (Å²) in [7, 11) is 0. The van der Waals surface area contributed by atoms with E-state index in [2.05, 4.69) is 15.3 Å². The van der Waals surface area contributed by atoms with Gasteiger partial charge in [0.05, 0.1) is 11.4 Å². The lowest BCUT2D eigenvalue weighted by atomic mass is 10.3. The van der Waals surface area contributed by atoms with Crippen molar-refractivity contribution in [1.82, 2.24) is 19.4 Å². The van der Waals surface area contributed by atoms with Crippen LogP contribution in [0, 0.1) is 6.92 Å². The van der Waals surface area contributed by atoms with E-state index >= 15 is 0 Å². The molecule has 0 saturated carbocycles. The highest BCUT2D eigenvalue weighted by molar-refractivity contribution is 7.14. The number of hydrogen-bond acceptors (Lipinski definition) is 5. The summed E-state index contributed by atoms with van der Waals surface area (Å²) >= 11 is 7.57. The Hall–Kier alpha value is -2.44. The van der Waals surface area contributed by atoms with Gasteiger partial charge in [0.1, 0.15) is 5.69 Å². The van der Waals surface area contributed by atoms with E-state index in [9.17, 15) is 0 Å². The molecule has 0 aromatic carbocycles. The van der Waals surface area contributed by atoms with Crippen molar-refractivity contribution in [3.8, 4) is 11.4 Å². The van der Waals surface area contributed by atoms with E-state index in [0.29, 0.717) is 5.78 Å². The molecule has 0 spiro atoms. The van der Waals surface area contributed by atoms with Crippen LogP contribution in [-0.4, -0.2) is 19.4 Å². The third-order valence-corrected chi connectivity index (χ3v) is 4.66. The van der Waals surface area contributed by atoms with Crippen molar-refractivity contribution >= 4 is 33.8 Å². The van der Waals surface area contributed by atoms with Crippen LogP contribution in [0.2, 0.25) is 0 Å². The van der Waals surface area contributed by atoms with Gasteiger partial charge in [-0.05, 0) is 31.2 Å². The molecule has 3 aromatic rings. The van der Waals surface area contributed by atoms with E-state index in [1.807, 2.05) is 53.3 Å². The number of nitrogens with zero attached hydrogens (tertiary/aromatic N) is 4. The fraction of sp³-hybridized carbons (Fsp3) is 0.118. The standard InChI is InChI=1S/C17H14ClN5S/c1-11-15(23-9-3-8-19-16(23)20-11)14-10-24-17(22-14)21-13-5-2-4-12(18)6-7-13/h2-4,6-10H,5H2,1H3,(H,21,22). The molecule has 120 valence electrons. The Morgan fingerprint density at radius 1 is 1.29 bits per heavy atom. The van der Waals surface area contributed by atoms with Crippen molar-refractivity contribution in [2.24, 2.45) is 0 Å². The normalized spacial score (nSPS) is 14.4. The van der Waals surface area contributed by atoms with Gasteiger partial charge in [0, 0.05) is 34.9 Å². The fourth-order valence-electron chi connectivity index (χ4n) is 2.58. The lowest BCUT2D eigenvalue weighted by Gasteiger charge is -2.04. The summed E-state index contributed by atoms with van der Waals surface area (Å²) in [6, 6.07) is 1.89. The number of aryl methyl sites for hydroxylation is 1. The van der Waals surface area contributed by atoms with E-state index in [1.165, 1.54) is 0 Å². The lowest BCUT2D eigenvalue weighted by Crippen LogP contribution is -1.98. The average Bonchev–Trinajstić information content (AvgIpc) is 3.08. The second-order valence-corrected chi connectivity index (χ2v) is 6.64. The molecule has 0 bridgehead atoms. The quantitative estimate of drug-likeness (QED) is 0.749. The second-order valence-electron chi connectivity index (χ2n) is 5.35. The van der Waals surface area contributed by atoms with Gasteiger partial charge in [-0.15, -0.1) is 11.3 Å². The van der Waals surface area contributed by atoms with Gasteiger partial charge >= 0.3 is 0 Å². The number of imidazole rings is 1. The highest BCUT2D eigenvalue weighted by Gasteiger charge is 2.14. The smallest absolute Gasteiger partial charge is 0.234 e. The highest BCUT2D eigenvalue weighted by atomic mass is 35.5. The van der Waals surface area contributed by atoms with E-state index in [0.717, 1.165) is 39.4 Å². The summed E-state index contributed by atoms with van der Waals surface area (Å²) < 4.78 is 1.96. The molecule has 3 heterocycles. The number of nitrogens with one attached hydrogen (secondary N) is 1. The molecule has 0 radical (unpaired) electrons. The van der Waals surface area contributed by atoms with Crippen LogP contribution < -0.4 is 5.32 Å². The van der Waals surface area contributed by atoms with Gasteiger partial charge in [-0.3, -0.25) is 4.40 Å². The first-order chi connectivity index (χ1) is 11.7. The van der Waals surface area contributed by atoms with Crippen LogP contribution in [0.1, 0.15) is 12.1 Å². The molecular formula is C17H14ClN5S. The SMILES string of the molecule is Cc1nc2ncccn2c1-c1csc(NC2=CC=C(Cl)C=CC2)n1. The van der Waals surface area contributed by atoms with Crippen molar-refractivity contribution in [1.29, 1.82) is 0 Å². The van der Waals surface area contributed by atoms with Crippen LogP contribution in [0.3, 0.4) is 0 Å². The molecule has 1 aliphatic carbocycles. The first-order valence-electron chi connectivity index (χ1n) is 7.46. The van der Waals surface area contributed by atoms with Gasteiger partial charge < -0.3 is 5.32 Å². The van der Waals surface area contributed by atoms with E-state index in [1.54, 1.807) is 17.5 Å². The summed E-state index contributed by atoms with van der Waals surface area (Å²) in [4.78, 5) is 13.5. The number of rotatable bonds is 3. The van der Waals surface area contributed by atoms with Crippen LogP contribution in [0.25, 0.3) is 17.2 Å². The van der Waals surface area contributed by atoms with Crippen LogP contribution in [0.4, 0.5) is 5.13 Å². The second kappa shape index (κ2) is 6.22. The van der Waals surface area contributed by atoms with Crippen LogP contribution in [0.5, 0.6) is 0 Å². The zero-order chi connectivity index (χ0) is 16.5. The van der Waals surface area contributed by atoms with Gasteiger partial charge in [0.2, 0.25) is 5.78 Å². The van der Waals surface area contributed by atoms with Gasteiger partial charge in [-0.1, -0.05) is 17.7 Å². The predicted octanol–water partition coefficient (Wildman–Crippen LogP) is 4.54. The molecule has 4 rings (SSSR count). The molecule has 0 aliphatic heterocycles. The third kappa shape index (κ3) is 2.86. The summed E-state index contributed by atoms with van der Waals surface area (Å²) in [6.45, 7) is 1.97. The first kappa shape index (κ1) is 15.1. The minimum Gasteiger partial charge on any atom is -0.335 e. The Morgan fingerprint density at radius 3 is 3.12 bits per heavy atom. The van der Waals surface area contributed by atoms with Crippen LogP contribution >= 0.6 is 22.9 Å². The molecule has 0 saturated heterocycles. The minimum atomic E-state index is 0.684. The predicted molar refractivity (Wildman–Crippen MR) is 98.2 cm³/mol. The molecule has 1 N–H and O–H groups in total. The Balaban J connectivity index is 1.65. The largest absolute Gasteiger partial charge is 0.335 e. The van der Waals surface area contributed by atoms with E-state index in [4.69, 9.17) is 16.6 Å². The van der Waals surface area contributed by atoms with Gasteiger partial charge in [0.25, 0.3) is 0 Å². The van der Waals surface area contributed by atoms with Crippen molar-refractivity contribution in [3.05, 3.63) is 64.6 Å². The van der Waals surface area contributed by atoms with E-state index < -0.39 is 0 Å². The number of aromatic nitrogens is 4. The van der Waals surface area contributed by atoms with Crippen molar-refractivity contribution in [2.45, 2.75) is 13.3 Å². The molecule has 5 nitrogen and oxygen atoms in total. The average molecular weight is 356 g/mol. The van der Waals surface area contributed by atoms with Crippen LogP contribution in [0.15, 0.2) is 58.9 Å². The molecule has 1 aliphatic rings. The monoisotopic (exact) mass is 355 g/mol. The molecule has 3 aromatic heterocycles. The zero-order valence-electron chi connectivity index (χ0n) is 12.9. The minimum absolute atomic E-state index is 0.684. The van der Waals surface area contributed by atoms with Gasteiger partial charge in [0.15, 0.2) is 5.13 Å². The van der Waals surface area contributed by atoms with Crippen molar-refractivity contribution in [3.63, 3.8) is 0 Å². The summed E-state index contributed by atoms with van der Waals surface area (Å²) in [5, 5.41) is 6.95. The van der Waals surface area contributed by atoms with Gasteiger partial charge in [-0.2, -0.15) is 0 Å². The molecule has 24 heavy (non-hydrogen) atoms. The Morgan fingerprint density at radius 2 is 2.21 bits per heavy atom. The molecule has 0 unspecified atom stereocenters. The number of fused-ring (bicyclic) bond motifs is 1. The topological polar surface area (TPSA) is 55.1 Å². The maximum absolute atomic E-state index is 6.01. The third-order valence-electron chi connectivity index (χ3n) is 3.65. The highest BCUT2D eigenvalue weighted by Crippen LogP contribution is 2.29. The molecular weight excluding hydrogens is 342 g/mol. The summed E-state index contributed by atoms with van der Waals surface area (Å²) in [5.41, 5.74) is 3.83. The fourth-order valence-corrected chi connectivity index (χ4v) is 3.46. The summed E-state index contributed by atoms with van der Waals surface area (Å²) in [6.07, 6.45) is 12.3. The number of anilines is 1. The maximum atomic E-state index is 6.01. The number of thiazole rings is 1. The van der Waals surface area contributed by atoms with Crippen molar-refractivity contribution in [2.75, 3.05) is 5.32 Å².